The van der Waals surface area contributed by atoms with Crippen LogP contribution in [0.4, 0.5) is 4.39 Å². The molecule has 0 aromatic heterocycles. The highest BCUT2D eigenvalue weighted by Gasteiger charge is 2.15. The predicted octanol–water partition coefficient (Wildman–Crippen LogP) is 1.21. The van der Waals surface area contributed by atoms with Gasteiger partial charge in [0.05, 0.1) is 11.6 Å². The Morgan fingerprint density at radius 1 is 1.62 bits per heavy atom. The molecule has 1 aromatic carbocycles. The molecule has 0 bridgehead atoms. The van der Waals surface area contributed by atoms with E-state index in [-0.39, 0.29) is 17.2 Å². The molecule has 1 amide bonds. The molecular formula is C11H11FN2O2. The Balaban J connectivity index is 2.83. The molecule has 0 heterocycles. The van der Waals surface area contributed by atoms with Crippen molar-refractivity contribution >= 4 is 5.91 Å². The fourth-order valence-electron chi connectivity index (χ4n) is 1.11. The molecule has 0 aliphatic rings. The molecule has 1 aromatic rings. The van der Waals surface area contributed by atoms with Crippen LogP contribution in [0.2, 0.25) is 0 Å². The van der Waals surface area contributed by atoms with Gasteiger partial charge in [-0.3, -0.25) is 4.79 Å². The minimum atomic E-state index is -0.785. The summed E-state index contributed by atoms with van der Waals surface area (Å²) in [6.07, 6.45) is -0.785. The number of benzene rings is 1. The fourth-order valence-corrected chi connectivity index (χ4v) is 1.11. The van der Waals surface area contributed by atoms with Gasteiger partial charge >= 0.3 is 0 Å². The molecule has 16 heavy (non-hydrogen) atoms. The Labute approximate surface area is 92.6 Å². The molecular weight excluding hydrogens is 211 g/mol. The van der Waals surface area contributed by atoms with Crippen molar-refractivity contribution in [2.75, 3.05) is 7.05 Å². The third-order valence-electron chi connectivity index (χ3n) is 1.98. The first kappa shape index (κ1) is 12.0. The zero-order valence-electron chi connectivity index (χ0n) is 8.95. The van der Waals surface area contributed by atoms with Gasteiger partial charge in [0.15, 0.2) is 17.7 Å². The van der Waals surface area contributed by atoms with Crippen molar-refractivity contribution in [3.63, 3.8) is 0 Å². The second-order valence-electron chi connectivity index (χ2n) is 3.13. The van der Waals surface area contributed by atoms with Crippen molar-refractivity contribution in [1.29, 1.82) is 5.26 Å². The number of hydrogen-bond acceptors (Lipinski definition) is 3. The van der Waals surface area contributed by atoms with E-state index in [9.17, 15) is 9.18 Å². The van der Waals surface area contributed by atoms with Crippen molar-refractivity contribution < 1.29 is 13.9 Å². The number of nitriles is 1. The molecule has 0 aliphatic heterocycles. The average Bonchev–Trinajstić information content (AvgIpc) is 2.30. The van der Waals surface area contributed by atoms with Crippen LogP contribution in [0, 0.1) is 17.1 Å². The normalized spacial score (nSPS) is 11.4. The predicted molar refractivity (Wildman–Crippen MR) is 55.3 cm³/mol. The molecule has 1 rings (SSSR count). The highest BCUT2D eigenvalue weighted by atomic mass is 19.1. The van der Waals surface area contributed by atoms with Crippen LogP contribution >= 0.6 is 0 Å². The third kappa shape index (κ3) is 2.70. The summed E-state index contributed by atoms with van der Waals surface area (Å²) < 4.78 is 18.5. The number of carbonyl (C=O) groups excluding carboxylic acids is 1. The van der Waals surface area contributed by atoms with Gasteiger partial charge in [-0.2, -0.15) is 5.26 Å². The van der Waals surface area contributed by atoms with Crippen molar-refractivity contribution in [2.45, 2.75) is 13.0 Å². The van der Waals surface area contributed by atoms with E-state index in [1.165, 1.54) is 26.1 Å². The number of hydrogen-bond donors (Lipinski definition) is 1. The highest BCUT2D eigenvalue weighted by Crippen LogP contribution is 2.19. The van der Waals surface area contributed by atoms with Gasteiger partial charge in [-0.1, -0.05) is 0 Å². The van der Waals surface area contributed by atoms with Gasteiger partial charge in [0.1, 0.15) is 0 Å². The van der Waals surface area contributed by atoms with E-state index in [2.05, 4.69) is 5.32 Å². The van der Waals surface area contributed by atoms with Crippen LogP contribution in [0.1, 0.15) is 12.5 Å². The molecule has 0 spiro atoms. The number of nitrogens with zero attached hydrogens (tertiary/aromatic N) is 1. The van der Waals surface area contributed by atoms with Crippen LogP contribution in [0.5, 0.6) is 5.75 Å². The minimum absolute atomic E-state index is 0.0462. The number of likely N-dealkylation sites (N-methyl/N-ethyl adjacent to an activating group) is 1. The van der Waals surface area contributed by atoms with E-state index < -0.39 is 11.9 Å². The zero-order valence-corrected chi connectivity index (χ0v) is 8.95. The van der Waals surface area contributed by atoms with E-state index in [1.54, 1.807) is 0 Å². The lowest BCUT2D eigenvalue weighted by Gasteiger charge is -2.13. The van der Waals surface area contributed by atoms with Gasteiger partial charge in [-0.15, -0.1) is 0 Å². The Morgan fingerprint density at radius 3 is 2.81 bits per heavy atom. The topological polar surface area (TPSA) is 62.1 Å². The summed E-state index contributed by atoms with van der Waals surface area (Å²) in [5.74, 6) is -1.05. The van der Waals surface area contributed by atoms with Crippen molar-refractivity contribution in [1.82, 2.24) is 5.32 Å². The first-order chi connectivity index (χ1) is 7.58. The number of rotatable bonds is 3. The van der Waals surface area contributed by atoms with Crippen molar-refractivity contribution in [3.05, 3.63) is 29.6 Å². The maximum absolute atomic E-state index is 13.4. The molecule has 5 heteroatoms. The maximum Gasteiger partial charge on any atom is 0.260 e. The summed E-state index contributed by atoms with van der Waals surface area (Å²) in [5, 5.41) is 10.9. The van der Waals surface area contributed by atoms with Crippen LogP contribution in [0.15, 0.2) is 18.2 Å². The summed E-state index contributed by atoms with van der Waals surface area (Å²) in [4.78, 5) is 11.1. The molecule has 0 aliphatic carbocycles. The quantitative estimate of drug-likeness (QED) is 0.836. The molecule has 0 saturated heterocycles. The van der Waals surface area contributed by atoms with Gasteiger partial charge in [-0.05, 0) is 25.1 Å². The number of amides is 1. The zero-order chi connectivity index (χ0) is 12.1. The largest absolute Gasteiger partial charge is 0.478 e. The number of nitrogens with one attached hydrogen (secondary N) is 1. The van der Waals surface area contributed by atoms with Crippen LogP contribution in [-0.2, 0) is 4.79 Å². The Morgan fingerprint density at radius 2 is 2.31 bits per heavy atom. The maximum atomic E-state index is 13.4. The average molecular weight is 222 g/mol. The summed E-state index contributed by atoms with van der Waals surface area (Å²) in [6, 6.07) is 5.62. The Hall–Kier alpha value is -2.09. The first-order valence-corrected chi connectivity index (χ1v) is 4.66. The second kappa shape index (κ2) is 5.12. The smallest absolute Gasteiger partial charge is 0.260 e. The van der Waals surface area contributed by atoms with Gasteiger partial charge < -0.3 is 10.1 Å². The standard InChI is InChI=1S/C11H11FN2O2/c1-7(11(15)14-2)16-10-4-3-8(6-13)5-9(10)12/h3-5,7H,1-2H3,(H,14,15). The molecule has 1 N–H and O–H groups in total. The van der Waals surface area contributed by atoms with Crippen molar-refractivity contribution in [2.24, 2.45) is 0 Å². The molecule has 0 radical (unpaired) electrons. The molecule has 1 unspecified atom stereocenters. The molecule has 0 saturated carbocycles. The third-order valence-corrected chi connectivity index (χ3v) is 1.98. The summed E-state index contributed by atoms with van der Waals surface area (Å²) in [5.41, 5.74) is 0.206. The fraction of sp³-hybridized carbons (Fsp3) is 0.273. The lowest BCUT2D eigenvalue weighted by atomic mass is 10.2. The Kier molecular flexibility index (Phi) is 3.84. The van der Waals surface area contributed by atoms with Crippen LogP contribution in [0.3, 0.4) is 0 Å². The number of ether oxygens (including phenoxy) is 1. The van der Waals surface area contributed by atoms with Gasteiger partial charge in [0, 0.05) is 7.05 Å². The molecule has 4 nitrogen and oxygen atoms in total. The molecule has 0 fully saturated rings. The summed E-state index contributed by atoms with van der Waals surface area (Å²) in [6.45, 7) is 1.51. The molecule has 84 valence electrons. The minimum Gasteiger partial charge on any atom is -0.478 e. The lowest BCUT2D eigenvalue weighted by molar-refractivity contribution is -0.126. The van der Waals surface area contributed by atoms with Gasteiger partial charge in [-0.25, -0.2) is 4.39 Å². The van der Waals surface area contributed by atoms with Crippen LogP contribution < -0.4 is 10.1 Å². The van der Waals surface area contributed by atoms with Gasteiger partial charge in [0.2, 0.25) is 0 Å². The highest BCUT2D eigenvalue weighted by molar-refractivity contribution is 5.80. The van der Waals surface area contributed by atoms with E-state index in [0.717, 1.165) is 6.07 Å². The van der Waals surface area contributed by atoms with Crippen LogP contribution in [-0.4, -0.2) is 19.1 Å². The van der Waals surface area contributed by atoms with E-state index >= 15 is 0 Å². The number of halogens is 1. The van der Waals surface area contributed by atoms with E-state index in [1.807, 2.05) is 6.07 Å². The van der Waals surface area contributed by atoms with Gasteiger partial charge in [0.25, 0.3) is 5.91 Å². The Bertz CT molecular complexity index is 440. The number of carbonyl (C=O) groups is 1. The lowest BCUT2D eigenvalue weighted by Crippen LogP contribution is -2.33. The van der Waals surface area contributed by atoms with E-state index in [0.29, 0.717) is 0 Å². The second-order valence-corrected chi connectivity index (χ2v) is 3.13. The van der Waals surface area contributed by atoms with Crippen LogP contribution in [0.25, 0.3) is 0 Å². The SMILES string of the molecule is CNC(=O)C(C)Oc1ccc(C#N)cc1F. The van der Waals surface area contributed by atoms with E-state index in [4.69, 9.17) is 10.00 Å². The molecule has 1 atom stereocenters. The summed E-state index contributed by atoms with van der Waals surface area (Å²) in [7, 11) is 1.47. The first-order valence-electron chi connectivity index (χ1n) is 4.66. The summed E-state index contributed by atoms with van der Waals surface area (Å²) >= 11 is 0. The van der Waals surface area contributed by atoms with Crippen molar-refractivity contribution in [3.8, 4) is 11.8 Å². The monoisotopic (exact) mass is 222 g/mol.